The van der Waals surface area contributed by atoms with Crippen LogP contribution in [0, 0.1) is 6.92 Å². The highest BCUT2D eigenvalue weighted by atomic mass is 16.4. The van der Waals surface area contributed by atoms with Gasteiger partial charge in [-0.15, -0.1) is 0 Å². The highest BCUT2D eigenvalue weighted by Crippen LogP contribution is 2.22. The predicted molar refractivity (Wildman–Crippen MR) is 83.9 cm³/mol. The van der Waals surface area contributed by atoms with E-state index in [4.69, 9.17) is 8.83 Å². The number of nitrogens with one attached hydrogen (secondary N) is 1. The number of aromatic nitrogens is 3. The molecule has 0 aliphatic heterocycles. The van der Waals surface area contributed by atoms with Crippen molar-refractivity contribution in [3.05, 3.63) is 42.2 Å². The summed E-state index contributed by atoms with van der Waals surface area (Å²) in [6, 6.07) is 3.76. The van der Waals surface area contributed by atoms with E-state index in [9.17, 15) is 4.79 Å². The van der Waals surface area contributed by atoms with Gasteiger partial charge in [-0.1, -0.05) is 0 Å². The van der Waals surface area contributed by atoms with Crippen LogP contribution in [0.5, 0.6) is 0 Å². The zero-order valence-electron chi connectivity index (χ0n) is 13.2. The first-order chi connectivity index (χ1) is 11.0. The number of nitrogens with zero attached hydrogens (tertiary/aromatic N) is 3. The van der Waals surface area contributed by atoms with Gasteiger partial charge in [0.2, 0.25) is 5.91 Å². The van der Waals surface area contributed by atoms with E-state index in [0.717, 1.165) is 0 Å². The normalized spacial score (nSPS) is 11.1. The molecule has 0 saturated heterocycles. The maximum absolute atomic E-state index is 12.2. The molecule has 0 atom stereocenters. The van der Waals surface area contributed by atoms with Gasteiger partial charge in [0.15, 0.2) is 5.76 Å². The summed E-state index contributed by atoms with van der Waals surface area (Å²) in [7, 11) is 0. The van der Waals surface area contributed by atoms with Crippen molar-refractivity contribution in [3.63, 3.8) is 0 Å². The van der Waals surface area contributed by atoms with E-state index in [0.29, 0.717) is 28.8 Å². The van der Waals surface area contributed by atoms with Crippen LogP contribution in [0.15, 0.2) is 39.6 Å². The van der Waals surface area contributed by atoms with Crippen LogP contribution in [0.2, 0.25) is 0 Å². The van der Waals surface area contributed by atoms with Crippen LogP contribution in [0.3, 0.4) is 0 Å². The number of anilines is 1. The van der Waals surface area contributed by atoms with Gasteiger partial charge in [0.05, 0.1) is 30.3 Å². The van der Waals surface area contributed by atoms with E-state index < -0.39 is 0 Å². The molecule has 7 heteroatoms. The lowest BCUT2D eigenvalue weighted by atomic mass is 10.2. The lowest BCUT2D eigenvalue weighted by Crippen LogP contribution is -2.14. The van der Waals surface area contributed by atoms with Crippen LogP contribution in [-0.2, 0) is 11.2 Å². The first kappa shape index (κ1) is 15.1. The molecule has 3 rings (SSSR count). The smallest absolute Gasteiger partial charge is 0.263 e. The minimum Gasteiger partial charge on any atom is -0.459 e. The number of furan rings is 1. The number of carbonyl (C=O) groups excluding carboxylic acids is 1. The fourth-order valence-electron chi connectivity index (χ4n) is 2.14. The SMILES string of the molecule is Cc1oc(-c2ccco2)nc1CC(=O)Nc1cnn(C(C)C)c1. The molecule has 0 unspecified atom stereocenters. The number of oxazole rings is 1. The molecule has 1 N–H and O–H groups in total. The molecule has 0 aliphatic carbocycles. The third-order valence-corrected chi connectivity index (χ3v) is 3.37. The molecule has 120 valence electrons. The van der Waals surface area contributed by atoms with E-state index in [1.807, 2.05) is 13.8 Å². The molecule has 3 heterocycles. The lowest BCUT2D eigenvalue weighted by molar-refractivity contribution is -0.115. The Morgan fingerprint density at radius 1 is 1.43 bits per heavy atom. The first-order valence-corrected chi connectivity index (χ1v) is 7.37. The molecule has 0 aliphatic rings. The molecule has 1 amide bonds. The summed E-state index contributed by atoms with van der Waals surface area (Å²) in [5.74, 6) is 1.35. The minimum absolute atomic E-state index is 0.128. The summed E-state index contributed by atoms with van der Waals surface area (Å²) in [6.45, 7) is 5.82. The maximum Gasteiger partial charge on any atom is 0.263 e. The molecule has 3 aromatic rings. The molecular weight excluding hydrogens is 296 g/mol. The highest BCUT2D eigenvalue weighted by molar-refractivity contribution is 5.91. The van der Waals surface area contributed by atoms with Crippen molar-refractivity contribution < 1.29 is 13.6 Å². The number of carbonyl (C=O) groups is 1. The Hall–Kier alpha value is -2.83. The Kier molecular flexibility index (Phi) is 4.01. The lowest BCUT2D eigenvalue weighted by Gasteiger charge is -2.03. The molecule has 0 radical (unpaired) electrons. The third kappa shape index (κ3) is 3.33. The van der Waals surface area contributed by atoms with Crippen molar-refractivity contribution in [2.75, 3.05) is 5.32 Å². The van der Waals surface area contributed by atoms with Gasteiger partial charge in [0, 0.05) is 12.2 Å². The summed E-state index contributed by atoms with van der Waals surface area (Å²) < 4.78 is 12.6. The van der Waals surface area contributed by atoms with Crippen LogP contribution < -0.4 is 5.32 Å². The highest BCUT2D eigenvalue weighted by Gasteiger charge is 2.16. The molecule has 0 fully saturated rings. The Labute approximate surface area is 133 Å². The van der Waals surface area contributed by atoms with Crippen LogP contribution in [-0.4, -0.2) is 20.7 Å². The average Bonchev–Trinajstić information content (AvgIpc) is 3.20. The van der Waals surface area contributed by atoms with Crippen molar-refractivity contribution in [3.8, 4) is 11.7 Å². The predicted octanol–water partition coefficient (Wildman–Crippen LogP) is 3.20. The van der Waals surface area contributed by atoms with Gasteiger partial charge < -0.3 is 14.2 Å². The van der Waals surface area contributed by atoms with Gasteiger partial charge in [-0.3, -0.25) is 9.48 Å². The number of hydrogen-bond donors (Lipinski definition) is 1. The van der Waals surface area contributed by atoms with E-state index in [1.54, 1.807) is 42.4 Å². The molecule has 3 aromatic heterocycles. The number of amides is 1. The van der Waals surface area contributed by atoms with Crippen LogP contribution in [0.1, 0.15) is 31.3 Å². The van der Waals surface area contributed by atoms with Gasteiger partial charge in [-0.25, -0.2) is 4.98 Å². The zero-order valence-corrected chi connectivity index (χ0v) is 13.2. The summed E-state index contributed by atoms with van der Waals surface area (Å²) in [5, 5.41) is 7.00. The monoisotopic (exact) mass is 314 g/mol. The molecule has 0 bridgehead atoms. The van der Waals surface area contributed by atoms with Crippen molar-refractivity contribution in [1.29, 1.82) is 0 Å². The Morgan fingerprint density at radius 2 is 2.26 bits per heavy atom. The van der Waals surface area contributed by atoms with E-state index in [1.165, 1.54) is 0 Å². The quantitative estimate of drug-likeness (QED) is 0.781. The Morgan fingerprint density at radius 3 is 2.91 bits per heavy atom. The summed E-state index contributed by atoms with van der Waals surface area (Å²) >= 11 is 0. The fourth-order valence-corrected chi connectivity index (χ4v) is 2.14. The molecule has 23 heavy (non-hydrogen) atoms. The van der Waals surface area contributed by atoms with Gasteiger partial charge in [0.25, 0.3) is 5.89 Å². The van der Waals surface area contributed by atoms with Crippen LogP contribution in [0.25, 0.3) is 11.7 Å². The van der Waals surface area contributed by atoms with Crippen molar-refractivity contribution in [1.82, 2.24) is 14.8 Å². The summed E-state index contributed by atoms with van der Waals surface area (Å²) in [5.41, 5.74) is 1.25. The molecule has 0 aromatic carbocycles. The first-order valence-electron chi connectivity index (χ1n) is 7.37. The van der Waals surface area contributed by atoms with Gasteiger partial charge in [-0.2, -0.15) is 5.10 Å². The fraction of sp³-hybridized carbons (Fsp3) is 0.312. The van der Waals surface area contributed by atoms with Gasteiger partial charge in [0.1, 0.15) is 5.76 Å². The Balaban J connectivity index is 1.68. The second-order valence-corrected chi connectivity index (χ2v) is 5.53. The van der Waals surface area contributed by atoms with E-state index >= 15 is 0 Å². The minimum atomic E-state index is -0.171. The van der Waals surface area contributed by atoms with E-state index in [-0.39, 0.29) is 18.4 Å². The number of aryl methyl sites for hydroxylation is 1. The van der Waals surface area contributed by atoms with Crippen molar-refractivity contribution in [2.45, 2.75) is 33.2 Å². The van der Waals surface area contributed by atoms with Gasteiger partial charge >= 0.3 is 0 Å². The second kappa shape index (κ2) is 6.12. The molecule has 0 saturated carbocycles. The molecule has 7 nitrogen and oxygen atoms in total. The zero-order chi connectivity index (χ0) is 16.4. The third-order valence-electron chi connectivity index (χ3n) is 3.37. The largest absolute Gasteiger partial charge is 0.459 e. The van der Waals surface area contributed by atoms with Gasteiger partial charge in [-0.05, 0) is 32.9 Å². The average molecular weight is 314 g/mol. The summed E-state index contributed by atoms with van der Waals surface area (Å²) in [6.07, 6.45) is 5.10. The number of hydrogen-bond acceptors (Lipinski definition) is 5. The number of rotatable bonds is 5. The topological polar surface area (TPSA) is 86.1 Å². The molecule has 0 spiro atoms. The Bertz CT molecular complexity index is 799. The summed E-state index contributed by atoms with van der Waals surface area (Å²) in [4.78, 5) is 16.5. The van der Waals surface area contributed by atoms with Crippen LogP contribution in [0.4, 0.5) is 5.69 Å². The standard InChI is InChI=1S/C16H18N4O3/c1-10(2)20-9-12(8-17-20)18-15(21)7-13-11(3)23-16(19-13)14-5-4-6-22-14/h4-6,8-10H,7H2,1-3H3,(H,18,21). The van der Waals surface area contributed by atoms with Crippen molar-refractivity contribution >= 4 is 11.6 Å². The van der Waals surface area contributed by atoms with Crippen molar-refractivity contribution in [2.24, 2.45) is 0 Å². The van der Waals surface area contributed by atoms with E-state index in [2.05, 4.69) is 15.4 Å². The second-order valence-electron chi connectivity index (χ2n) is 5.53. The van der Waals surface area contributed by atoms with Crippen LogP contribution >= 0.6 is 0 Å². The molecular formula is C16H18N4O3. The maximum atomic E-state index is 12.2.